The van der Waals surface area contributed by atoms with Crippen LogP contribution in [0.1, 0.15) is 41.0 Å². The third-order valence-electron chi connectivity index (χ3n) is 2.84. The maximum absolute atomic E-state index is 11.5. The van der Waals surface area contributed by atoms with Crippen molar-refractivity contribution in [3.63, 3.8) is 0 Å². The highest BCUT2D eigenvalue weighted by Gasteiger charge is 2.23. The van der Waals surface area contributed by atoms with Crippen LogP contribution in [0.15, 0.2) is 12.3 Å². The Morgan fingerprint density at radius 3 is 3.24 bits per heavy atom. The summed E-state index contributed by atoms with van der Waals surface area (Å²) < 4.78 is 4.90. The summed E-state index contributed by atoms with van der Waals surface area (Å²) >= 11 is 0. The van der Waals surface area contributed by atoms with Crippen molar-refractivity contribution in [2.45, 2.75) is 25.9 Å². The maximum atomic E-state index is 11.5. The highest BCUT2D eigenvalue weighted by atomic mass is 16.5. The van der Waals surface area contributed by atoms with Crippen LogP contribution < -0.4 is 5.32 Å². The van der Waals surface area contributed by atoms with Gasteiger partial charge in [-0.15, -0.1) is 0 Å². The van der Waals surface area contributed by atoms with Crippen molar-refractivity contribution in [3.05, 3.63) is 29.1 Å². The molecule has 0 unspecified atom stereocenters. The van der Waals surface area contributed by atoms with Crippen LogP contribution in [0.25, 0.3) is 0 Å². The minimum Gasteiger partial charge on any atom is -0.461 e. The third kappa shape index (κ3) is 2.45. The normalized spacial score (nSPS) is 17.9. The van der Waals surface area contributed by atoms with Gasteiger partial charge in [-0.3, -0.25) is 0 Å². The SMILES string of the molecule is CCOC(=O)c1cc2c(cn1)[C@H](CCO)NC2. The van der Waals surface area contributed by atoms with E-state index in [2.05, 4.69) is 10.3 Å². The monoisotopic (exact) mass is 236 g/mol. The Hall–Kier alpha value is -1.46. The number of esters is 1. The molecule has 2 N–H and O–H groups in total. The number of nitrogens with one attached hydrogen (secondary N) is 1. The fourth-order valence-electron chi connectivity index (χ4n) is 2.02. The van der Waals surface area contributed by atoms with Crippen LogP contribution in [0.4, 0.5) is 0 Å². The zero-order valence-electron chi connectivity index (χ0n) is 9.77. The lowest BCUT2D eigenvalue weighted by atomic mass is 10.0. The second-order valence-corrected chi connectivity index (χ2v) is 3.93. The number of ether oxygens (including phenoxy) is 1. The molecule has 1 aliphatic heterocycles. The molecule has 2 rings (SSSR count). The maximum Gasteiger partial charge on any atom is 0.356 e. The van der Waals surface area contributed by atoms with Crippen LogP contribution in [0.3, 0.4) is 0 Å². The van der Waals surface area contributed by atoms with E-state index in [1.54, 1.807) is 19.2 Å². The van der Waals surface area contributed by atoms with Gasteiger partial charge in [0.2, 0.25) is 0 Å². The highest BCUT2D eigenvalue weighted by Crippen LogP contribution is 2.27. The average Bonchev–Trinajstić information content (AvgIpc) is 2.73. The molecule has 1 aliphatic rings. The molecule has 0 saturated heterocycles. The van der Waals surface area contributed by atoms with E-state index in [0.29, 0.717) is 25.3 Å². The molecule has 5 nitrogen and oxygen atoms in total. The lowest BCUT2D eigenvalue weighted by Crippen LogP contribution is -2.13. The summed E-state index contributed by atoms with van der Waals surface area (Å²) in [5.41, 5.74) is 2.46. The summed E-state index contributed by atoms with van der Waals surface area (Å²) in [6.07, 6.45) is 2.36. The lowest BCUT2D eigenvalue weighted by molar-refractivity contribution is 0.0519. The van der Waals surface area contributed by atoms with Gasteiger partial charge in [0.05, 0.1) is 6.61 Å². The lowest BCUT2D eigenvalue weighted by Gasteiger charge is -2.09. The Morgan fingerprint density at radius 2 is 2.53 bits per heavy atom. The van der Waals surface area contributed by atoms with Crippen LogP contribution in [0.5, 0.6) is 0 Å². The van der Waals surface area contributed by atoms with E-state index in [9.17, 15) is 4.79 Å². The Balaban J connectivity index is 2.19. The van der Waals surface area contributed by atoms with Crippen molar-refractivity contribution in [3.8, 4) is 0 Å². The fourth-order valence-corrected chi connectivity index (χ4v) is 2.02. The first-order valence-electron chi connectivity index (χ1n) is 5.76. The van der Waals surface area contributed by atoms with Crippen molar-refractivity contribution in [2.75, 3.05) is 13.2 Å². The highest BCUT2D eigenvalue weighted by molar-refractivity contribution is 5.87. The molecule has 0 spiro atoms. The predicted molar refractivity (Wildman–Crippen MR) is 61.5 cm³/mol. The van der Waals surface area contributed by atoms with Crippen molar-refractivity contribution in [2.24, 2.45) is 0 Å². The van der Waals surface area contributed by atoms with E-state index in [1.165, 1.54) is 0 Å². The molecule has 92 valence electrons. The molecule has 0 saturated carbocycles. The summed E-state index contributed by atoms with van der Waals surface area (Å²) in [4.78, 5) is 15.6. The van der Waals surface area contributed by atoms with Gasteiger partial charge in [-0.1, -0.05) is 0 Å². The minimum absolute atomic E-state index is 0.136. The number of hydrogen-bond donors (Lipinski definition) is 2. The van der Waals surface area contributed by atoms with Crippen LogP contribution in [0.2, 0.25) is 0 Å². The Bertz CT molecular complexity index is 420. The fraction of sp³-hybridized carbons (Fsp3) is 0.500. The van der Waals surface area contributed by atoms with E-state index < -0.39 is 0 Å². The summed E-state index contributed by atoms with van der Waals surface area (Å²) in [5, 5.41) is 12.2. The second kappa shape index (κ2) is 5.25. The van der Waals surface area contributed by atoms with Gasteiger partial charge in [0.25, 0.3) is 0 Å². The van der Waals surface area contributed by atoms with Crippen LogP contribution >= 0.6 is 0 Å². The number of pyridine rings is 1. The Labute approximate surface area is 99.8 Å². The molecule has 1 aromatic rings. The van der Waals surface area contributed by atoms with Gasteiger partial charge in [-0.2, -0.15) is 0 Å². The largest absolute Gasteiger partial charge is 0.461 e. The molecule has 1 atom stereocenters. The quantitative estimate of drug-likeness (QED) is 0.756. The van der Waals surface area contributed by atoms with Gasteiger partial charge < -0.3 is 15.2 Å². The third-order valence-corrected chi connectivity index (χ3v) is 2.84. The van der Waals surface area contributed by atoms with Crippen molar-refractivity contribution >= 4 is 5.97 Å². The minimum atomic E-state index is -0.388. The molecule has 17 heavy (non-hydrogen) atoms. The number of hydrogen-bond acceptors (Lipinski definition) is 5. The zero-order chi connectivity index (χ0) is 12.3. The van der Waals surface area contributed by atoms with E-state index in [0.717, 1.165) is 11.1 Å². The molecular formula is C12H16N2O3. The summed E-state index contributed by atoms with van der Waals surface area (Å²) in [6, 6.07) is 1.90. The van der Waals surface area contributed by atoms with Crippen LogP contribution in [0, 0.1) is 0 Å². The number of rotatable bonds is 4. The number of aliphatic hydroxyl groups is 1. The molecule has 0 amide bonds. The van der Waals surface area contributed by atoms with E-state index in [1.807, 2.05) is 0 Å². The molecule has 5 heteroatoms. The smallest absolute Gasteiger partial charge is 0.356 e. The molecule has 0 fully saturated rings. The number of carbonyl (C=O) groups excluding carboxylic acids is 1. The molecule has 1 aromatic heterocycles. The number of aliphatic hydroxyl groups excluding tert-OH is 1. The summed E-state index contributed by atoms with van der Waals surface area (Å²) in [6.45, 7) is 2.96. The van der Waals surface area contributed by atoms with Crippen molar-refractivity contribution < 1.29 is 14.6 Å². The van der Waals surface area contributed by atoms with Crippen molar-refractivity contribution in [1.29, 1.82) is 0 Å². The van der Waals surface area contributed by atoms with E-state index in [4.69, 9.17) is 9.84 Å². The number of nitrogens with zero attached hydrogens (tertiary/aromatic N) is 1. The number of carbonyl (C=O) groups is 1. The van der Waals surface area contributed by atoms with Gasteiger partial charge >= 0.3 is 5.97 Å². The van der Waals surface area contributed by atoms with Gasteiger partial charge in [0.1, 0.15) is 5.69 Å². The Morgan fingerprint density at radius 1 is 1.71 bits per heavy atom. The average molecular weight is 236 g/mol. The van der Waals surface area contributed by atoms with Crippen LogP contribution in [-0.4, -0.2) is 29.3 Å². The number of fused-ring (bicyclic) bond motifs is 1. The summed E-state index contributed by atoms with van der Waals surface area (Å²) in [7, 11) is 0. The summed E-state index contributed by atoms with van der Waals surface area (Å²) in [5.74, 6) is -0.388. The predicted octanol–water partition coefficient (Wildman–Crippen LogP) is 0.785. The molecule has 0 bridgehead atoms. The van der Waals surface area contributed by atoms with Gasteiger partial charge in [-0.05, 0) is 30.5 Å². The van der Waals surface area contributed by atoms with E-state index >= 15 is 0 Å². The standard InChI is InChI=1S/C12H16N2O3/c1-2-17-12(16)11-5-8-6-13-10(3-4-15)9(8)7-14-11/h5,7,10,13,15H,2-4,6H2,1H3/t10-/m0/s1. The molecule has 0 radical (unpaired) electrons. The van der Waals surface area contributed by atoms with Gasteiger partial charge in [-0.25, -0.2) is 9.78 Å². The topological polar surface area (TPSA) is 71.5 Å². The first kappa shape index (κ1) is 12.0. The Kier molecular flexibility index (Phi) is 3.71. The van der Waals surface area contributed by atoms with Crippen LogP contribution in [-0.2, 0) is 11.3 Å². The number of aromatic nitrogens is 1. The molecular weight excluding hydrogens is 220 g/mol. The van der Waals surface area contributed by atoms with Gasteiger partial charge in [0.15, 0.2) is 0 Å². The first-order chi connectivity index (χ1) is 8.26. The molecule has 0 aliphatic carbocycles. The first-order valence-corrected chi connectivity index (χ1v) is 5.76. The van der Waals surface area contributed by atoms with Gasteiger partial charge in [0, 0.05) is 25.4 Å². The molecule has 2 heterocycles. The van der Waals surface area contributed by atoms with Crippen molar-refractivity contribution in [1.82, 2.24) is 10.3 Å². The second-order valence-electron chi connectivity index (χ2n) is 3.93. The molecule has 0 aromatic carbocycles. The van der Waals surface area contributed by atoms with E-state index in [-0.39, 0.29) is 18.6 Å². The zero-order valence-corrected chi connectivity index (χ0v) is 9.77.